The summed E-state index contributed by atoms with van der Waals surface area (Å²) in [5.41, 5.74) is 1.86. The van der Waals surface area contributed by atoms with Gasteiger partial charge in [0.2, 0.25) is 0 Å². The highest BCUT2D eigenvalue weighted by Crippen LogP contribution is 2.42. The van der Waals surface area contributed by atoms with Gasteiger partial charge in [-0.1, -0.05) is 6.07 Å². The van der Waals surface area contributed by atoms with Crippen molar-refractivity contribution in [3.8, 4) is 22.8 Å². The van der Waals surface area contributed by atoms with Crippen molar-refractivity contribution >= 4 is 11.8 Å². The van der Waals surface area contributed by atoms with E-state index >= 15 is 0 Å². The number of aromatic nitrogens is 1. The van der Waals surface area contributed by atoms with Gasteiger partial charge < -0.3 is 9.47 Å². The molecular weight excluding hydrogens is 246 g/mol. The average molecular weight is 261 g/mol. The fourth-order valence-corrected chi connectivity index (χ4v) is 2.59. The SMILES string of the molecule is COc1ccc(OC)c(-c2ccccn2)c1SC. The molecule has 94 valence electrons. The van der Waals surface area contributed by atoms with Crippen molar-refractivity contribution in [2.45, 2.75) is 4.90 Å². The second kappa shape index (κ2) is 5.78. The molecule has 0 saturated carbocycles. The molecule has 0 radical (unpaired) electrons. The lowest BCUT2D eigenvalue weighted by Crippen LogP contribution is -1.95. The third-order valence-corrected chi connectivity index (χ3v) is 3.46. The average Bonchev–Trinajstić information content (AvgIpc) is 2.46. The summed E-state index contributed by atoms with van der Waals surface area (Å²) in [6, 6.07) is 9.65. The molecule has 0 saturated heterocycles. The van der Waals surface area contributed by atoms with E-state index in [-0.39, 0.29) is 0 Å². The summed E-state index contributed by atoms with van der Waals surface area (Å²) in [5.74, 6) is 1.64. The first-order valence-electron chi connectivity index (χ1n) is 5.52. The third-order valence-electron chi connectivity index (χ3n) is 2.65. The van der Waals surface area contributed by atoms with Crippen LogP contribution in [0.3, 0.4) is 0 Å². The highest BCUT2D eigenvalue weighted by molar-refractivity contribution is 7.98. The molecule has 1 aromatic heterocycles. The molecule has 0 aliphatic heterocycles. The molecule has 0 bridgehead atoms. The van der Waals surface area contributed by atoms with Gasteiger partial charge in [0.1, 0.15) is 11.5 Å². The lowest BCUT2D eigenvalue weighted by Gasteiger charge is -2.15. The lowest BCUT2D eigenvalue weighted by molar-refractivity contribution is 0.395. The quantitative estimate of drug-likeness (QED) is 0.788. The van der Waals surface area contributed by atoms with Crippen molar-refractivity contribution in [2.75, 3.05) is 20.5 Å². The van der Waals surface area contributed by atoms with Crippen LogP contribution in [0.5, 0.6) is 11.5 Å². The molecule has 0 N–H and O–H groups in total. The number of nitrogens with zero attached hydrogens (tertiary/aromatic N) is 1. The molecule has 18 heavy (non-hydrogen) atoms. The topological polar surface area (TPSA) is 31.4 Å². The summed E-state index contributed by atoms with van der Waals surface area (Å²) >= 11 is 1.63. The van der Waals surface area contributed by atoms with Gasteiger partial charge in [0, 0.05) is 6.20 Å². The Balaban J connectivity index is 2.69. The maximum absolute atomic E-state index is 5.43. The zero-order valence-electron chi connectivity index (χ0n) is 10.6. The van der Waals surface area contributed by atoms with Gasteiger partial charge >= 0.3 is 0 Å². The van der Waals surface area contributed by atoms with Crippen LogP contribution < -0.4 is 9.47 Å². The minimum atomic E-state index is 0.804. The van der Waals surface area contributed by atoms with Gasteiger partial charge in [-0.15, -0.1) is 11.8 Å². The number of ether oxygens (including phenoxy) is 2. The first-order chi connectivity index (χ1) is 8.81. The molecule has 4 heteroatoms. The lowest BCUT2D eigenvalue weighted by atomic mass is 10.1. The maximum Gasteiger partial charge on any atom is 0.133 e. The molecular formula is C14H15NO2S. The standard InChI is InChI=1S/C14H15NO2S/c1-16-11-7-8-12(17-2)14(18-3)13(11)10-6-4-5-9-15-10/h4-9H,1-3H3. The summed E-state index contributed by atoms with van der Waals surface area (Å²) in [6.45, 7) is 0. The van der Waals surface area contributed by atoms with E-state index in [0.717, 1.165) is 27.7 Å². The Morgan fingerprint density at radius 3 is 2.28 bits per heavy atom. The predicted molar refractivity (Wildman–Crippen MR) is 74.6 cm³/mol. The Hall–Kier alpha value is -1.68. The van der Waals surface area contributed by atoms with Crippen molar-refractivity contribution in [2.24, 2.45) is 0 Å². The van der Waals surface area contributed by atoms with Crippen LogP contribution in [-0.2, 0) is 0 Å². The number of methoxy groups -OCH3 is 2. The number of hydrogen-bond acceptors (Lipinski definition) is 4. The molecule has 0 amide bonds. The van der Waals surface area contributed by atoms with Crippen LogP contribution in [0.25, 0.3) is 11.3 Å². The second-order valence-corrected chi connectivity index (χ2v) is 4.41. The summed E-state index contributed by atoms with van der Waals surface area (Å²) in [5, 5.41) is 0. The van der Waals surface area contributed by atoms with E-state index in [1.54, 1.807) is 32.2 Å². The van der Waals surface area contributed by atoms with Crippen molar-refractivity contribution in [1.82, 2.24) is 4.98 Å². The minimum absolute atomic E-state index is 0.804. The van der Waals surface area contributed by atoms with Gasteiger partial charge in [0.15, 0.2) is 0 Å². The van der Waals surface area contributed by atoms with Crippen LogP contribution in [0.2, 0.25) is 0 Å². The minimum Gasteiger partial charge on any atom is -0.496 e. The van der Waals surface area contributed by atoms with Crippen molar-refractivity contribution < 1.29 is 9.47 Å². The largest absolute Gasteiger partial charge is 0.496 e. The van der Waals surface area contributed by atoms with Gasteiger partial charge in [0.05, 0.1) is 30.4 Å². The number of thioether (sulfide) groups is 1. The molecule has 1 heterocycles. The molecule has 0 unspecified atom stereocenters. The number of rotatable bonds is 4. The van der Waals surface area contributed by atoms with Gasteiger partial charge in [-0.25, -0.2) is 0 Å². The Kier molecular flexibility index (Phi) is 4.10. The van der Waals surface area contributed by atoms with Crippen LogP contribution in [-0.4, -0.2) is 25.5 Å². The summed E-state index contributed by atoms with van der Waals surface area (Å²) < 4.78 is 10.8. The molecule has 0 fully saturated rings. The first kappa shape index (κ1) is 12.8. The molecule has 0 atom stereocenters. The van der Waals surface area contributed by atoms with Crippen LogP contribution in [0.4, 0.5) is 0 Å². The van der Waals surface area contributed by atoms with Crippen LogP contribution in [0.15, 0.2) is 41.4 Å². The van der Waals surface area contributed by atoms with Crippen LogP contribution in [0.1, 0.15) is 0 Å². The summed E-state index contributed by atoms with van der Waals surface area (Å²) in [6.07, 6.45) is 3.79. The Bertz CT molecular complexity index is 529. The molecule has 1 aromatic carbocycles. The highest BCUT2D eigenvalue weighted by Gasteiger charge is 2.16. The smallest absolute Gasteiger partial charge is 0.133 e. The third kappa shape index (κ3) is 2.29. The zero-order chi connectivity index (χ0) is 13.0. The fraction of sp³-hybridized carbons (Fsp3) is 0.214. The number of hydrogen-bond donors (Lipinski definition) is 0. The summed E-state index contributed by atoms with van der Waals surface area (Å²) in [4.78, 5) is 5.43. The van der Waals surface area contributed by atoms with Gasteiger partial charge in [-0.2, -0.15) is 0 Å². The van der Waals surface area contributed by atoms with E-state index in [1.165, 1.54) is 0 Å². The first-order valence-corrected chi connectivity index (χ1v) is 6.74. The molecule has 0 aliphatic carbocycles. The van der Waals surface area contributed by atoms with Crippen molar-refractivity contribution in [1.29, 1.82) is 0 Å². The van der Waals surface area contributed by atoms with Crippen molar-refractivity contribution in [3.05, 3.63) is 36.5 Å². The van der Waals surface area contributed by atoms with Gasteiger partial charge in [-0.05, 0) is 30.5 Å². The van der Waals surface area contributed by atoms with Gasteiger partial charge in [-0.3, -0.25) is 4.98 Å². The molecule has 0 spiro atoms. The fourth-order valence-electron chi connectivity index (χ4n) is 1.83. The predicted octanol–water partition coefficient (Wildman–Crippen LogP) is 3.49. The maximum atomic E-state index is 5.43. The van der Waals surface area contributed by atoms with E-state index in [4.69, 9.17) is 9.47 Å². The van der Waals surface area contributed by atoms with Crippen molar-refractivity contribution in [3.63, 3.8) is 0 Å². The second-order valence-electron chi connectivity index (χ2n) is 3.59. The number of pyridine rings is 1. The Morgan fingerprint density at radius 2 is 1.72 bits per heavy atom. The zero-order valence-corrected chi connectivity index (χ0v) is 11.5. The van der Waals surface area contributed by atoms with E-state index in [1.807, 2.05) is 36.6 Å². The Labute approximate surface area is 111 Å². The highest BCUT2D eigenvalue weighted by atomic mass is 32.2. The van der Waals surface area contributed by atoms with E-state index in [0.29, 0.717) is 0 Å². The van der Waals surface area contributed by atoms with E-state index in [9.17, 15) is 0 Å². The molecule has 0 aliphatic rings. The molecule has 2 aromatic rings. The normalized spacial score (nSPS) is 10.2. The number of benzene rings is 1. The van der Waals surface area contributed by atoms with Gasteiger partial charge in [0.25, 0.3) is 0 Å². The molecule has 2 rings (SSSR count). The molecule has 3 nitrogen and oxygen atoms in total. The monoisotopic (exact) mass is 261 g/mol. The Morgan fingerprint density at radius 1 is 1.00 bits per heavy atom. The summed E-state index contributed by atoms with van der Waals surface area (Å²) in [7, 11) is 3.34. The van der Waals surface area contributed by atoms with E-state index < -0.39 is 0 Å². The van der Waals surface area contributed by atoms with Crippen LogP contribution >= 0.6 is 11.8 Å². The van der Waals surface area contributed by atoms with E-state index in [2.05, 4.69) is 4.98 Å². The van der Waals surface area contributed by atoms with Crippen LogP contribution in [0, 0.1) is 0 Å².